The molecule has 3 rings (SSSR count). The van der Waals surface area contributed by atoms with Gasteiger partial charge in [-0.2, -0.15) is 0 Å². The summed E-state index contributed by atoms with van der Waals surface area (Å²) >= 11 is 0. The minimum atomic E-state index is 0.755. The summed E-state index contributed by atoms with van der Waals surface area (Å²) in [4.78, 5) is 7.16. The Labute approximate surface area is 129 Å². The quantitative estimate of drug-likeness (QED) is 0.812. The van der Waals surface area contributed by atoms with Crippen LogP contribution in [0.4, 0.5) is 0 Å². The van der Waals surface area contributed by atoms with Gasteiger partial charge in [0.15, 0.2) is 0 Å². The smallest absolute Gasteiger partial charge is 0.0544 e. The topological polar surface area (TPSA) is 28.2 Å². The third kappa shape index (κ3) is 4.79. The first-order valence-corrected chi connectivity index (χ1v) is 8.69. The van der Waals surface area contributed by atoms with E-state index >= 15 is 0 Å². The zero-order valence-corrected chi connectivity index (χ0v) is 13.4. The number of pyridine rings is 1. The van der Waals surface area contributed by atoms with Gasteiger partial charge in [0.2, 0.25) is 0 Å². The average molecular weight is 287 g/mol. The first-order chi connectivity index (χ1) is 10.3. The van der Waals surface area contributed by atoms with Crippen LogP contribution in [0.5, 0.6) is 0 Å². The van der Waals surface area contributed by atoms with Gasteiger partial charge < -0.3 is 5.32 Å². The van der Waals surface area contributed by atoms with Crippen molar-refractivity contribution in [2.45, 2.75) is 76.5 Å². The lowest BCUT2D eigenvalue weighted by atomic mass is 10.1. The lowest BCUT2D eigenvalue weighted by Gasteiger charge is -2.26. The number of nitrogens with one attached hydrogen (secondary N) is 1. The van der Waals surface area contributed by atoms with Crippen molar-refractivity contribution < 1.29 is 0 Å². The molecular weight excluding hydrogens is 258 g/mol. The van der Waals surface area contributed by atoms with Gasteiger partial charge in [0.05, 0.1) is 5.69 Å². The molecule has 0 amide bonds. The summed E-state index contributed by atoms with van der Waals surface area (Å²) in [5.41, 5.74) is 2.51. The van der Waals surface area contributed by atoms with Crippen LogP contribution >= 0.6 is 0 Å². The molecule has 116 valence electrons. The summed E-state index contributed by atoms with van der Waals surface area (Å²) in [6, 6.07) is 5.96. The Balaban J connectivity index is 1.48. The molecule has 3 heteroatoms. The van der Waals surface area contributed by atoms with E-state index in [9.17, 15) is 0 Å². The lowest BCUT2D eigenvalue weighted by molar-refractivity contribution is 0.211. The van der Waals surface area contributed by atoms with Gasteiger partial charge in [0.25, 0.3) is 0 Å². The van der Waals surface area contributed by atoms with Crippen LogP contribution in [-0.2, 0) is 13.1 Å². The SMILES string of the molecule is CN(Cc1ccc(CNC2CC2)cn1)C1CCCCCC1. The Morgan fingerprint density at radius 1 is 1.10 bits per heavy atom. The zero-order valence-electron chi connectivity index (χ0n) is 13.4. The van der Waals surface area contributed by atoms with Crippen LogP contribution in [-0.4, -0.2) is 29.0 Å². The first kappa shape index (κ1) is 15.0. The van der Waals surface area contributed by atoms with Gasteiger partial charge in [-0.15, -0.1) is 0 Å². The van der Waals surface area contributed by atoms with E-state index in [1.54, 1.807) is 0 Å². The molecule has 1 aromatic rings. The van der Waals surface area contributed by atoms with Crippen LogP contribution in [0.1, 0.15) is 62.6 Å². The van der Waals surface area contributed by atoms with E-state index in [4.69, 9.17) is 0 Å². The molecule has 0 radical (unpaired) electrons. The predicted molar refractivity (Wildman–Crippen MR) is 87.1 cm³/mol. The molecule has 0 saturated heterocycles. The van der Waals surface area contributed by atoms with E-state index in [1.807, 2.05) is 6.20 Å². The number of aromatic nitrogens is 1. The molecule has 1 heterocycles. The fourth-order valence-corrected chi connectivity index (χ4v) is 3.29. The van der Waals surface area contributed by atoms with Crippen LogP contribution in [0.25, 0.3) is 0 Å². The highest BCUT2D eigenvalue weighted by Crippen LogP contribution is 2.22. The Hall–Kier alpha value is -0.930. The lowest BCUT2D eigenvalue weighted by Crippen LogP contribution is -2.31. The van der Waals surface area contributed by atoms with Gasteiger partial charge in [-0.3, -0.25) is 9.88 Å². The van der Waals surface area contributed by atoms with Crippen LogP contribution in [0, 0.1) is 0 Å². The Morgan fingerprint density at radius 3 is 2.48 bits per heavy atom. The van der Waals surface area contributed by atoms with Crippen LogP contribution < -0.4 is 5.32 Å². The maximum Gasteiger partial charge on any atom is 0.0544 e. The van der Waals surface area contributed by atoms with Gasteiger partial charge in [0, 0.05) is 31.4 Å². The molecule has 0 unspecified atom stereocenters. The molecule has 2 aliphatic rings. The van der Waals surface area contributed by atoms with Crippen molar-refractivity contribution in [1.82, 2.24) is 15.2 Å². The van der Waals surface area contributed by atoms with Crippen molar-refractivity contribution in [3.05, 3.63) is 29.6 Å². The highest BCUT2D eigenvalue weighted by Gasteiger charge is 2.20. The largest absolute Gasteiger partial charge is 0.310 e. The molecule has 0 aromatic carbocycles. The first-order valence-electron chi connectivity index (χ1n) is 8.69. The maximum atomic E-state index is 4.65. The van der Waals surface area contributed by atoms with Crippen molar-refractivity contribution in [2.75, 3.05) is 7.05 Å². The number of nitrogens with zero attached hydrogens (tertiary/aromatic N) is 2. The van der Waals surface area contributed by atoms with Crippen LogP contribution in [0.2, 0.25) is 0 Å². The predicted octanol–water partition coefficient (Wildman–Crippen LogP) is 3.49. The second-order valence-electron chi connectivity index (χ2n) is 6.87. The molecule has 0 aliphatic heterocycles. The van der Waals surface area contributed by atoms with Gasteiger partial charge in [-0.1, -0.05) is 31.7 Å². The minimum absolute atomic E-state index is 0.755. The second-order valence-corrected chi connectivity index (χ2v) is 6.87. The molecule has 1 N–H and O–H groups in total. The minimum Gasteiger partial charge on any atom is -0.310 e. The third-order valence-corrected chi connectivity index (χ3v) is 4.92. The summed E-state index contributed by atoms with van der Waals surface area (Å²) in [5, 5.41) is 3.54. The third-order valence-electron chi connectivity index (χ3n) is 4.92. The normalized spacial score (nSPS) is 20.7. The molecule has 0 bridgehead atoms. The van der Waals surface area contributed by atoms with Crippen LogP contribution in [0.15, 0.2) is 18.3 Å². The van der Waals surface area contributed by atoms with Crippen molar-refractivity contribution >= 4 is 0 Å². The van der Waals surface area contributed by atoms with Crippen molar-refractivity contribution in [3.8, 4) is 0 Å². The second kappa shape index (κ2) is 7.37. The summed E-state index contributed by atoms with van der Waals surface area (Å²) < 4.78 is 0. The zero-order chi connectivity index (χ0) is 14.5. The standard InChI is InChI=1S/C18H29N3/c1-21(18-6-4-2-3-5-7-18)14-17-9-8-15(13-20-17)12-19-16-10-11-16/h8-9,13,16,18-19H,2-7,10-12,14H2,1H3. The number of rotatable bonds is 6. The molecular formula is C18H29N3. The molecule has 21 heavy (non-hydrogen) atoms. The summed E-state index contributed by atoms with van der Waals surface area (Å²) in [6.45, 7) is 1.96. The Kier molecular flexibility index (Phi) is 5.26. The van der Waals surface area contributed by atoms with E-state index in [1.165, 1.54) is 62.6 Å². The molecule has 3 nitrogen and oxygen atoms in total. The van der Waals surface area contributed by atoms with E-state index in [2.05, 4.69) is 34.4 Å². The Morgan fingerprint density at radius 2 is 1.86 bits per heavy atom. The monoisotopic (exact) mass is 287 g/mol. The summed E-state index contributed by atoms with van der Waals surface area (Å²) in [5.74, 6) is 0. The van der Waals surface area contributed by atoms with Crippen LogP contribution in [0.3, 0.4) is 0 Å². The summed E-state index contributed by atoms with van der Waals surface area (Å²) in [7, 11) is 2.26. The van der Waals surface area contributed by atoms with E-state index in [0.29, 0.717) is 0 Å². The molecule has 1 aromatic heterocycles. The van der Waals surface area contributed by atoms with Crippen molar-refractivity contribution in [2.24, 2.45) is 0 Å². The van der Waals surface area contributed by atoms with Gasteiger partial charge >= 0.3 is 0 Å². The summed E-state index contributed by atoms with van der Waals surface area (Å²) in [6.07, 6.45) is 13.1. The molecule has 2 fully saturated rings. The number of hydrogen-bond donors (Lipinski definition) is 1. The van der Waals surface area contributed by atoms with E-state index in [-0.39, 0.29) is 0 Å². The van der Waals surface area contributed by atoms with E-state index in [0.717, 1.165) is 25.2 Å². The highest BCUT2D eigenvalue weighted by atomic mass is 15.1. The molecule has 2 saturated carbocycles. The average Bonchev–Trinajstić information content (AvgIpc) is 3.33. The molecule has 2 aliphatic carbocycles. The van der Waals surface area contributed by atoms with Crippen molar-refractivity contribution in [1.29, 1.82) is 0 Å². The fourth-order valence-electron chi connectivity index (χ4n) is 3.29. The number of hydrogen-bond acceptors (Lipinski definition) is 3. The van der Waals surface area contributed by atoms with E-state index < -0.39 is 0 Å². The van der Waals surface area contributed by atoms with Gasteiger partial charge in [0.1, 0.15) is 0 Å². The fraction of sp³-hybridized carbons (Fsp3) is 0.722. The maximum absolute atomic E-state index is 4.65. The van der Waals surface area contributed by atoms with Gasteiger partial charge in [-0.05, 0) is 44.4 Å². The van der Waals surface area contributed by atoms with Crippen molar-refractivity contribution in [3.63, 3.8) is 0 Å². The highest BCUT2D eigenvalue weighted by molar-refractivity contribution is 5.14. The Bertz CT molecular complexity index is 417. The molecule has 0 atom stereocenters. The molecule has 0 spiro atoms. The van der Waals surface area contributed by atoms with Gasteiger partial charge in [-0.25, -0.2) is 0 Å².